The van der Waals surface area contributed by atoms with E-state index in [0.29, 0.717) is 24.7 Å². The normalized spacial score (nSPS) is 11.6. The van der Waals surface area contributed by atoms with Crippen molar-refractivity contribution in [3.8, 4) is 11.5 Å². The first-order valence-electron chi connectivity index (χ1n) is 10.0. The van der Waals surface area contributed by atoms with Crippen LogP contribution in [0.4, 0.5) is 5.69 Å². The van der Waals surface area contributed by atoms with Crippen molar-refractivity contribution in [2.24, 2.45) is 0 Å². The topological polar surface area (TPSA) is 59.6 Å². The third-order valence-electron chi connectivity index (χ3n) is 4.82. The van der Waals surface area contributed by atoms with Gasteiger partial charge in [0.05, 0.1) is 7.11 Å². The van der Waals surface area contributed by atoms with Crippen molar-refractivity contribution in [3.05, 3.63) is 89.5 Å². The number of hydrogen-bond donors (Lipinski definition) is 2. The van der Waals surface area contributed by atoms with Gasteiger partial charge < -0.3 is 14.8 Å². The molecule has 1 amide bonds. The van der Waals surface area contributed by atoms with E-state index in [1.54, 1.807) is 7.11 Å². The average Bonchev–Trinajstić information content (AvgIpc) is 2.77. The predicted octanol–water partition coefficient (Wildman–Crippen LogP) is 4.66. The number of carbonyl (C=O) groups is 1. The van der Waals surface area contributed by atoms with Crippen LogP contribution in [0.5, 0.6) is 11.5 Å². The van der Waals surface area contributed by atoms with Gasteiger partial charge in [-0.3, -0.25) is 10.1 Å². The second-order valence-corrected chi connectivity index (χ2v) is 7.10. The molecular weight excluding hydrogens is 376 g/mol. The molecule has 5 nitrogen and oxygen atoms in total. The number of aryl methyl sites for hydroxylation is 2. The molecule has 0 aliphatic heterocycles. The summed E-state index contributed by atoms with van der Waals surface area (Å²) in [5, 5.41) is 6.38. The van der Waals surface area contributed by atoms with Crippen molar-refractivity contribution in [1.29, 1.82) is 0 Å². The van der Waals surface area contributed by atoms with Gasteiger partial charge >= 0.3 is 0 Å². The zero-order chi connectivity index (χ0) is 21.3. The molecule has 0 spiro atoms. The number of rotatable bonds is 9. The number of carbonyl (C=O) groups excluding carboxylic acids is 1. The number of anilines is 1. The number of benzene rings is 3. The lowest BCUT2D eigenvalue weighted by Gasteiger charge is -2.20. The molecule has 5 heteroatoms. The Balaban J connectivity index is 1.67. The number of amides is 1. The molecule has 0 radical (unpaired) electrons. The van der Waals surface area contributed by atoms with Crippen molar-refractivity contribution in [3.63, 3.8) is 0 Å². The van der Waals surface area contributed by atoms with Crippen LogP contribution in [-0.2, 0) is 4.79 Å². The largest absolute Gasteiger partial charge is 0.493 e. The molecule has 30 heavy (non-hydrogen) atoms. The zero-order valence-electron chi connectivity index (χ0n) is 17.6. The Hall–Kier alpha value is -3.31. The van der Waals surface area contributed by atoms with Gasteiger partial charge in [0.15, 0.2) is 11.5 Å². The van der Waals surface area contributed by atoms with E-state index in [1.165, 1.54) is 0 Å². The zero-order valence-corrected chi connectivity index (χ0v) is 17.6. The lowest BCUT2D eigenvalue weighted by Crippen LogP contribution is -2.35. The van der Waals surface area contributed by atoms with Gasteiger partial charge in [0, 0.05) is 12.2 Å². The van der Waals surface area contributed by atoms with Gasteiger partial charge in [-0.15, -0.1) is 0 Å². The molecule has 0 aromatic heterocycles. The summed E-state index contributed by atoms with van der Waals surface area (Å²) in [5.41, 5.74) is 3.86. The molecule has 0 saturated heterocycles. The molecular formula is C25H28N2O3. The molecule has 0 aliphatic carbocycles. The van der Waals surface area contributed by atoms with E-state index in [0.717, 1.165) is 22.4 Å². The summed E-state index contributed by atoms with van der Waals surface area (Å²) in [4.78, 5) is 13.1. The van der Waals surface area contributed by atoms with Gasteiger partial charge in [0.25, 0.3) is 0 Å². The average molecular weight is 405 g/mol. The van der Waals surface area contributed by atoms with Gasteiger partial charge in [0.2, 0.25) is 5.91 Å². The number of nitrogens with one attached hydrogen (secondary N) is 2. The lowest BCUT2D eigenvalue weighted by atomic mass is 10.1. The van der Waals surface area contributed by atoms with Gasteiger partial charge in [-0.25, -0.2) is 0 Å². The maximum absolute atomic E-state index is 13.1. The smallest absolute Gasteiger partial charge is 0.246 e. The van der Waals surface area contributed by atoms with Crippen LogP contribution in [0.25, 0.3) is 0 Å². The summed E-state index contributed by atoms with van der Waals surface area (Å²) in [6.45, 7) is 4.90. The first-order valence-corrected chi connectivity index (χ1v) is 10.0. The second-order valence-electron chi connectivity index (χ2n) is 7.10. The Kier molecular flexibility index (Phi) is 7.46. The van der Waals surface area contributed by atoms with Gasteiger partial charge in [-0.1, -0.05) is 54.6 Å². The molecule has 0 heterocycles. The van der Waals surface area contributed by atoms with E-state index in [-0.39, 0.29) is 5.91 Å². The molecule has 0 unspecified atom stereocenters. The van der Waals surface area contributed by atoms with Crippen LogP contribution in [0.2, 0.25) is 0 Å². The van der Waals surface area contributed by atoms with E-state index in [1.807, 2.05) is 86.6 Å². The van der Waals surface area contributed by atoms with Crippen LogP contribution in [0.1, 0.15) is 22.7 Å². The summed E-state index contributed by atoms with van der Waals surface area (Å²) < 4.78 is 11.1. The molecule has 3 aromatic rings. The highest BCUT2D eigenvalue weighted by atomic mass is 16.5. The fraction of sp³-hybridized carbons (Fsp3) is 0.240. The van der Waals surface area contributed by atoms with Crippen LogP contribution in [0.3, 0.4) is 0 Å². The summed E-state index contributed by atoms with van der Waals surface area (Å²) in [7, 11) is 1.61. The highest BCUT2D eigenvalue weighted by Gasteiger charge is 2.20. The van der Waals surface area contributed by atoms with E-state index >= 15 is 0 Å². The monoisotopic (exact) mass is 404 g/mol. The van der Waals surface area contributed by atoms with Gasteiger partial charge in [0.1, 0.15) is 12.6 Å². The molecule has 3 aromatic carbocycles. The Bertz CT molecular complexity index is 973. The minimum absolute atomic E-state index is 0.104. The van der Waals surface area contributed by atoms with Crippen LogP contribution in [0, 0.1) is 13.8 Å². The number of methoxy groups -OCH3 is 1. The lowest BCUT2D eigenvalue weighted by molar-refractivity contribution is -0.118. The molecule has 0 saturated carbocycles. The summed E-state index contributed by atoms with van der Waals surface area (Å²) in [6.07, 6.45) is 0. The molecule has 0 fully saturated rings. The fourth-order valence-electron chi connectivity index (χ4n) is 3.19. The van der Waals surface area contributed by atoms with Crippen molar-refractivity contribution >= 4 is 11.6 Å². The van der Waals surface area contributed by atoms with E-state index in [9.17, 15) is 4.79 Å². The van der Waals surface area contributed by atoms with Crippen LogP contribution in [-0.4, -0.2) is 26.2 Å². The van der Waals surface area contributed by atoms with Crippen LogP contribution < -0.4 is 20.1 Å². The van der Waals surface area contributed by atoms with Crippen molar-refractivity contribution in [2.45, 2.75) is 19.9 Å². The van der Waals surface area contributed by atoms with E-state index < -0.39 is 6.04 Å². The Morgan fingerprint density at radius 2 is 1.63 bits per heavy atom. The van der Waals surface area contributed by atoms with Crippen molar-refractivity contribution in [1.82, 2.24) is 5.32 Å². The standard InChI is InChI=1S/C25H28N2O3/c1-18-13-14-19(2)21(17-18)27-25(28)24(20-9-5-4-6-10-20)26-15-16-30-23-12-8-7-11-22(23)29-3/h4-14,17,24,26H,15-16H2,1-3H3,(H,27,28)/t24-/m0/s1. The minimum Gasteiger partial charge on any atom is -0.493 e. The van der Waals surface area contributed by atoms with Gasteiger partial charge in [-0.2, -0.15) is 0 Å². The molecule has 1 atom stereocenters. The Morgan fingerprint density at radius 1 is 0.933 bits per heavy atom. The fourth-order valence-corrected chi connectivity index (χ4v) is 3.19. The van der Waals surface area contributed by atoms with Crippen molar-refractivity contribution in [2.75, 3.05) is 25.6 Å². The SMILES string of the molecule is COc1ccccc1OCCN[C@H](C(=O)Nc1cc(C)ccc1C)c1ccccc1. The van der Waals surface area contributed by atoms with Crippen molar-refractivity contribution < 1.29 is 14.3 Å². The number of ether oxygens (including phenoxy) is 2. The Morgan fingerprint density at radius 3 is 2.37 bits per heavy atom. The Labute approximate surface area is 178 Å². The maximum Gasteiger partial charge on any atom is 0.246 e. The highest BCUT2D eigenvalue weighted by molar-refractivity contribution is 5.96. The van der Waals surface area contributed by atoms with E-state index in [2.05, 4.69) is 10.6 Å². The maximum atomic E-state index is 13.1. The summed E-state index contributed by atoms with van der Waals surface area (Å²) >= 11 is 0. The quantitative estimate of drug-likeness (QED) is 0.509. The summed E-state index contributed by atoms with van der Waals surface area (Å²) in [5.74, 6) is 1.26. The third kappa shape index (κ3) is 5.61. The summed E-state index contributed by atoms with van der Waals surface area (Å²) in [6, 6.07) is 22.7. The highest BCUT2D eigenvalue weighted by Crippen LogP contribution is 2.25. The van der Waals surface area contributed by atoms with Gasteiger partial charge in [-0.05, 0) is 48.7 Å². The molecule has 3 rings (SSSR count). The molecule has 2 N–H and O–H groups in total. The predicted molar refractivity (Wildman–Crippen MR) is 120 cm³/mol. The molecule has 0 bridgehead atoms. The second kappa shape index (κ2) is 10.5. The molecule has 156 valence electrons. The minimum atomic E-state index is -0.493. The van der Waals surface area contributed by atoms with E-state index in [4.69, 9.17) is 9.47 Å². The van der Waals surface area contributed by atoms with Crippen LogP contribution >= 0.6 is 0 Å². The first kappa shape index (κ1) is 21.4. The number of hydrogen-bond acceptors (Lipinski definition) is 4. The first-order chi connectivity index (χ1) is 14.6. The van der Waals surface area contributed by atoms with Crippen LogP contribution in [0.15, 0.2) is 72.8 Å². The molecule has 0 aliphatic rings. The third-order valence-corrected chi connectivity index (χ3v) is 4.82. The number of para-hydroxylation sites is 2.